The largest absolute Gasteiger partial charge is 0.362 e. The van der Waals surface area contributed by atoms with Crippen molar-refractivity contribution in [1.29, 1.82) is 0 Å². The summed E-state index contributed by atoms with van der Waals surface area (Å²) in [4.78, 5) is 26.2. The molecule has 0 aromatic carbocycles. The van der Waals surface area contributed by atoms with E-state index in [2.05, 4.69) is 83.0 Å². The number of carbonyl (C=O) groups excluding carboxylic acids is 1. The van der Waals surface area contributed by atoms with Gasteiger partial charge in [-0.2, -0.15) is 0 Å². The van der Waals surface area contributed by atoms with Gasteiger partial charge in [-0.25, -0.2) is 9.97 Å². The lowest BCUT2D eigenvalue weighted by Gasteiger charge is -2.24. The fourth-order valence-electron chi connectivity index (χ4n) is 4.76. The smallest absolute Gasteiger partial charge is 0.264 e. The maximum atomic E-state index is 12.6. The Kier molecular flexibility index (Phi) is 9.57. The first kappa shape index (κ1) is 29.8. The molecule has 0 saturated carbocycles. The summed E-state index contributed by atoms with van der Waals surface area (Å²) in [6.45, 7) is 12.2. The standard InChI is InChI=1S/C29H36BrClN6OS/c1-28(2,3)19-13-14-32-22(15-19)21(11-9-18-16-29(4,5)33-17-18)34-24-7-6-8-25(36-24)39-37-27(38)20-10-12-23(30)35-26(20)31/h6-8,10,12-15,18,21,33H,9,11,16-17H2,1-5H3,(H,34,36)(H,37,38)/t18-,21?/m1/s1. The van der Waals surface area contributed by atoms with Gasteiger partial charge in [-0.05, 0) is 109 Å². The van der Waals surface area contributed by atoms with Crippen LogP contribution in [0.2, 0.25) is 5.15 Å². The quantitative estimate of drug-likeness (QED) is 0.168. The third-order valence-electron chi connectivity index (χ3n) is 6.89. The predicted octanol–water partition coefficient (Wildman–Crippen LogP) is 7.34. The number of nitrogens with zero attached hydrogens (tertiary/aromatic N) is 3. The molecule has 10 heteroatoms. The zero-order valence-electron chi connectivity index (χ0n) is 23.0. The first-order valence-electron chi connectivity index (χ1n) is 13.1. The molecule has 3 aromatic rings. The SMILES string of the molecule is CC1(C)C[C@@H](CCC(Nc2cccc(SNC(=O)c3ccc(Br)nc3Cl)n2)c2cc(C(C)(C)C)ccn2)CN1. The Labute approximate surface area is 249 Å². The molecule has 1 fully saturated rings. The number of nitrogens with one attached hydrogen (secondary N) is 3. The molecule has 4 heterocycles. The van der Waals surface area contributed by atoms with Crippen LogP contribution in [0, 0.1) is 5.92 Å². The van der Waals surface area contributed by atoms with Crippen molar-refractivity contribution in [2.75, 3.05) is 11.9 Å². The molecule has 1 unspecified atom stereocenters. The van der Waals surface area contributed by atoms with Crippen molar-refractivity contribution in [3.05, 3.63) is 75.2 Å². The van der Waals surface area contributed by atoms with Crippen LogP contribution in [0.4, 0.5) is 5.82 Å². The van der Waals surface area contributed by atoms with Crippen molar-refractivity contribution in [1.82, 2.24) is 25.0 Å². The maximum Gasteiger partial charge on any atom is 0.264 e. The monoisotopic (exact) mass is 630 g/mol. The van der Waals surface area contributed by atoms with Gasteiger partial charge < -0.3 is 10.6 Å². The minimum absolute atomic E-state index is 0.00556. The highest BCUT2D eigenvalue weighted by atomic mass is 79.9. The number of halogens is 2. The molecule has 1 aliphatic rings. The highest BCUT2D eigenvalue weighted by Crippen LogP contribution is 2.32. The third-order valence-corrected chi connectivity index (χ3v) is 8.34. The fourth-order valence-corrected chi connectivity index (χ4v) is 6.01. The van der Waals surface area contributed by atoms with Crippen LogP contribution in [0.5, 0.6) is 0 Å². The second kappa shape index (κ2) is 12.5. The molecular formula is C29H36BrClN6OS. The van der Waals surface area contributed by atoms with E-state index in [0.29, 0.717) is 21.1 Å². The van der Waals surface area contributed by atoms with Crippen LogP contribution in [0.3, 0.4) is 0 Å². The lowest BCUT2D eigenvalue weighted by Crippen LogP contribution is -2.31. The summed E-state index contributed by atoms with van der Waals surface area (Å²) < 4.78 is 3.38. The van der Waals surface area contributed by atoms with E-state index in [9.17, 15) is 4.79 Å². The lowest BCUT2D eigenvalue weighted by atomic mass is 9.86. The fraction of sp³-hybridized carbons (Fsp3) is 0.448. The molecule has 2 atom stereocenters. The zero-order chi connectivity index (χ0) is 28.2. The molecule has 208 valence electrons. The van der Waals surface area contributed by atoms with Crippen molar-refractivity contribution in [3.8, 4) is 0 Å². The van der Waals surface area contributed by atoms with Crippen LogP contribution >= 0.6 is 39.5 Å². The van der Waals surface area contributed by atoms with Gasteiger partial charge in [0.2, 0.25) is 0 Å². The van der Waals surface area contributed by atoms with E-state index >= 15 is 0 Å². The summed E-state index contributed by atoms with van der Waals surface area (Å²) in [5.41, 5.74) is 2.78. The van der Waals surface area contributed by atoms with Crippen LogP contribution in [-0.4, -0.2) is 32.9 Å². The van der Waals surface area contributed by atoms with Crippen LogP contribution in [0.15, 0.2) is 58.3 Å². The van der Waals surface area contributed by atoms with Crippen LogP contribution in [0.25, 0.3) is 0 Å². The zero-order valence-corrected chi connectivity index (χ0v) is 26.2. The average Bonchev–Trinajstić information content (AvgIpc) is 3.23. The van der Waals surface area contributed by atoms with Gasteiger partial charge in [-0.1, -0.05) is 38.4 Å². The van der Waals surface area contributed by atoms with Gasteiger partial charge in [0.15, 0.2) is 0 Å². The van der Waals surface area contributed by atoms with E-state index < -0.39 is 0 Å². The van der Waals surface area contributed by atoms with Gasteiger partial charge in [-0.3, -0.25) is 14.5 Å². The van der Waals surface area contributed by atoms with Crippen LogP contribution < -0.4 is 15.4 Å². The highest BCUT2D eigenvalue weighted by molar-refractivity contribution is 9.10. The molecule has 3 aromatic heterocycles. The molecule has 3 N–H and O–H groups in total. The Morgan fingerprint density at radius 2 is 2.03 bits per heavy atom. The van der Waals surface area contributed by atoms with Gasteiger partial charge in [0.05, 0.1) is 17.3 Å². The summed E-state index contributed by atoms with van der Waals surface area (Å²) in [6.07, 6.45) is 5.09. The number of hydrogen-bond donors (Lipinski definition) is 3. The van der Waals surface area contributed by atoms with E-state index in [1.807, 2.05) is 24.4 Å². The maximum absolute atomic E-state index is 12.6. The summed E-state index contributed by atoms with van der Waals surface area (Å²) in [5, 5.41) is 8.07. The molecule has 4 rings (SSSR count). The lowest BCUT2D eigenvalue weighted by molar-refractivity contribution is 0.0984. The van der Waals surface area contributed by atoms with Crippen molar-refractivity contribution in [2.45, 2.75) is 75.9 Å². The third kappa shape index (κ3) is 8.39. The van der Waals surface area contributed by atoms with Crippen LogP contribution in [-0.2, 0) is 5.41 Å². The van der Waals surface area contributed by atoms with Gasteiger partial charge in [0.25, 0.3) is 5.91 Å². The van der Waals surface area contributed by atoms with Gasteiger partial charge in [0, 0.05) is 23.7 Å². The van der Waals surface area contributed by atoms with Crippen LogP contribution in [0.1, 0.15) is 81.5 Å². The Morgan fingerprint density at radius 3 is 2.72 bits per heavy atom. The Bertz CT molecular complexity index is 1310. The molecular weight excluding hydrogens is 596 g/mol. The van der Waals surface area contributed by atoms with Gasteiger partial charge in [-0.15, -0.1) is 0 Å². The second-order valence-electron chi connectivity index (χ2n) is 11.7. The molecule has 0 radical (unpaired) electrons. The van der Waals surface area contributed by atoms with Gasteiger partial charge in [0.1, 0.15) is 20.6 Å². The van der Waals surface area contributed by atoms with Crippen molar-refractivity contribution in [3.63, 3.8) is 0 Å². The summed E-state index contributed by atoms with van der Waals surface area (Å²) in [6, 6.07) is 13.4. The number of amides is 1. The molecule has 0 bridgehead atoms. The number of rotatable bonds is 9. The molecule has 1 saturated heterocycles. The first-order chi connectivity index (χ1) is 18.4. The highest BCUT2D eigenvalue weighted by Gasteiger charge is 2.31. The number of hydrogen-bond acceptors (Lipinski definition) is 7. The molecule has 1 amide bonds. The van der Waals surface area contributed by atoms with E-state index in [1.54, 1.807) is 12.1 Å². The van der Waals surface area contributed by atoms with Crippen molar-refractivity contribution < 1.29 is 4.79 Å². The van der Waals surface area contributed by atoms with E-state index in [-0.39, 0.29) is 28.1 Å². The topological polar surface area (TPSA) is 91.8 Å². The molecule has 7 nitrogen and oxygen atoms in total. The molecule has 1 aliphatic heterocycles. The molecule has 0 spiro atoms. The Morgan fingerprint density at radius 1 is 1.23 bits per heavy atom. The van der Waals surface area contributed by atoms with E-state index in [4.69, 9.17) is 21.6 Å². The van der Waals surface area contributed by atoms with E-state index in [1.165, 1.54) is 5.56 Å². The molecule has 39 heavy (non-hydrogen) atoms. The normalized spacial score (nSPS) is 17.6. The van der Waals surface area contributed by atoms with Crippen molar-refractivity contribution >= 4 is 51.2 Å². The summed E-state index contributed by atoms with van der Waals surface area (Å²) in [7, 11) is 0. The average molecular weight is 632 g/mol. The van der Waals surface area contributed by atoms with E-state index in [0.717, 1.165) is 49.3 Å². The second-order valence-corrected chi connectivity index (χ2v) is 13.7. The number of anilines is 1. The summed E-state index contributed by atoms with van der Waals surface area (Å²) >= 11 is 10.5. The number of carbonyl (C=O) groups is 1. The molecule has 0 aliphatic carbocycles. The number of pyridine rings is 3. The Hall–Kier alpha value is -2.20. The van der Waals surface area contributed by atoms with Gasteiger partial charge >= 0.3 is 0 Å². The first-order valence-corrected chi connectivity index (χ1v) is 15.1. The summed E-state index contributed by atoms with van der Waals surface area (Å²) in [5.74, 6) is 1.02. The minimum Gasteiger partial charge on any atom is -0.362 e. The van der Waals surface area contributed by atoms with Crippen molar-refractivity contribution in [2.24, 2.45) is 5.92 Å². The minimum atomic E-state index is -0.334. The number of aromatic nitrogens is 3. The predicted molar refractivity (Wildman–Crippen MR) is 163 cm³/mol. The Balaban J connectivity index is 1.48.